The molecule has 0 fully saturated rings. The number of aromatic carboxylic acids is 1. The molecule has 1 heterocycles. The number of hydrogen-bond donors (Lipinski definition) is 1. The van der Waals surface area contributed by atoms with Crippen LogP contribution in [0.25, 0.3) is 16.6 Å². The third-order valence-electron chi connectivity index (χ3n) is 3.13. The molecular weight excluding hydrogens is 416 g/mol. The molecule has 3 aromatic rings. The number of carbonyl (C=O) groups is 1. The van der Waals surface area contributed by atoms with Crippen molar-refractivity contribution in [2.45, 2.75) is 0 Å². The van der Waals surface area contributed by atoms with Gasteiger partial charge in [0.05, 0.1) is 11.2 Å². The standard InChI is InChI=1S/C15H8Br2N2O3/c16-8-1-4-10(5-2-8)19-14(20)13(15(21)22)11-7-9(17)3-6-12(11)18-19/h1-7H,(H,21,22). The average molecular weight is 424 g/mol. The Balaban J connectivity index is 2.40. The first kappa shape index (κ1) is 14.9. The van der Waals surface area contributed by atoms with Crippen molar-refractivity contribution in [1.29, 1.82) is 0 Å². The molecule has 0 unspecified atom stereocenters. The second kappa shape index (κ2) is 5.66. The van der Waals surface area contributed by atoms with E-state index in [2.05, 4.69) is 37.0 Å². The summed E-state index contributed by atoms with van der Waals surface area (Å²) in [6, 6.07) is 11.9. The summed E-state index contributed by atoms with van der Waals surface area (Å²) < 4.78 is 2.64. The van der Waals surface area contributed by atoms with Gasteiger partial charge in [0, 0.05) is 14.3 Å². The van der Waals surface area contributed by atoms with Crippen LogP contribution in [0.2, 0.25) is 0 Å². The van der Waals surface area contributed by atoms with Crippen molar-refractivity contribution in [1.82, 2.24) is 9.78 Å². The first-order valence-electron chi connectivity index (χ1n) is 6.19. The summed E-state index contributed by atoms with van der Waals surface area (Å²) in [5, 5.41) is 14.0. The van der Waals surface area contributed by atoms with Gasteiger partial charge in [0.1, 0.15) is 5.56 Å². The van der Waals surface area contributed by atoms with E-state index in [-0.39, 0.29) is 5.56 Å². The molecule has 0 aliphatic heterocycles. The lowest BCUT2D eigenvalue weighted by Gasteiger charge is -2.09. The van der Waals surface area contributed by atoms with Gasteiger partial charge in [0.25, 0.3) is 5.56 Å². The SMILES string of the molecule is O=C(O)c1c(=O)n(-c2ccc(Br)cc2)nc2ccc(Br)cc12. The Morgan fingerprint density at radius 2 is 1.68 bits per heavy atom. The quantitative estimate of drug-likeness (QED) is 0.683. The van der Waals surface area contributed by atoms with Gasteiger partial charge in [-0.2, -0.15) is 9.78 Å². The average Bonchev–Trinajstić information content (AvgIpc) is 2.47. The van der Waals surface area contributed by atoms with E-state index in [4.69, 9.17) is 0 Å². The summed E-state index contributed by atoms with van der Waals surface area (Å²) >= 11 is 6.59. The molecular formula is C15H8Br2N2O3. The molecule has 0 radical (unpaired) electrons. The highest BCUT2D eigenvalue weighted by Crippen LogP contribution is 2.21. The molecule has 0 aliphatic rings. The van der Waals surface area contributed by atoms with Crippen LogP contribution in [-0.4, -0.2) is 20.9 Å². The van der Waals surface area contributed by atoms with Crippen LogP contribution >= 0.6 is 31.9 Å². The van der Waals surface area contributed by atoms with Gasteiger partial charge in [-0.1, -0.05) is 31.9 Å². The second-order valence-electron chi connectivity index (χ2n) is 4.53. The Kier molecular flexibility index (Phi) is 3.84. The summed E-state index contributed by atoms with van der Waals surface area (Å²) in [7, 11) is 0. The minimum Gasteiger partial charge on any atom is -0.477 e. The van der Waals surface area contributed by atoms with Gasteiger partial charge in [-0.05, 0) is 42.5 Å². The van der Waals surface area contributed by atoms with Crippen LogP contribution in [0, 0.1) is 0 Å². The smallest absolute Gasteiger partial charge is 0.342 e. The number of benzene rings is 2. The van der Waals surface area contributed by atoms with Crippen LogP contribution in [0.4, 0.5) is 0 Å². The molecule has 1 aromatic heterocycles. The summed E-state index contributed by atoms with van der Waals surface area (Å²) in [6.07, 6.45) is 0. The van der Waals surface area contributed by atoms with Crippen molar-refractivity contribution < 1.29 is 9.90 Å². The number of fused-ring (bicyclic) bond motifs is 1. The molecule has 0 atom stereocenters. The van der Waals surface area contributed by atoms with Crippen LogP contribution in [0.3, 0.4) is 0 Å². The molecule has 22 heavy (non-hydrogen) atoms. The predicted octanol–water partition coefficient (Wildman–Crippen LogP) is 3.61. The Bertz CT molecular complexity index is 949. The Morgan fingerprint density at radius 3 is 2.32 bits per heavy atom. The molecule has 7 heteroatoms. The number of hydrogen-bond acceptors (Lipinski definition) is 3. The fourth-order valence-corrected chi connectivity index (χ4v) is 2.76. The predicted molar refractivity (Wildman–Crippen MR) is 89.7 cm³/mol. The minimum atomic E-state index is -1.28. The van der Waals surface area contributed by atoms with Crippen LogP contribution in [0.5, 0.6) is 0 Å². The zero-order valence-electron chi connectivity index (χ0n) is 11.0. The third-order valence-corrected chi connectivity index (χ3v) is 4.15. The van der Waals surface area contributed by atoms with Gasteiger partial charge in [0.15, 0.2) is 0 Å². The van der Waals surface area contributed by atoms with Gasteiger partial charge in [-0.25, -0.2) is 4.79 Å². The van der Waals surface area contributed by atoms with Crippen LogP contribution in [0.1, 0.15) is 10.4 Å². The van der Waals surface area contributed by atoms with E-state index >= 15 is 0 Å². The lowest BCUT2D eigenvalue weighted by Crippen LogP contribution is -2.27. The number of nitrogens with zero attached hydrogens (tertiary/aromatic N) is 2. The zero-order valence-corrected chi connectivity index (χ0v) is 14.1. The molecule has 110 valence electrons. The van der Waals surface area contributed by atoms with Gasteiger partial charge in [-0.3, -0.25) is 4.79 Å². The number of carboxylic acids is 1. The van der Waals surface area contributed by atoms with E-state index < -0.39 is 11.5 Å². The summed E-state index contributed by atoms with van der Waals surface area (Å²) in [6.45, 7) is 0. The van der Waals surface area contributed by atoms with E-state index in [1.165, 1.54) is 0 Å². The largest absolute Gasteiger partial charge is 0.477 e. The normalized spacial score (nSPS) is 10.8. The first-order chi connectivity index (χ1) is 10.5. The second-order valence-corrected chi connectivity index (χ2v) is 6.37. The summed E-state index contributed by atoms with van der Waals surface area (Å²) in [5.74, 6) is -1.28. The highest BCUT2D eigenvalue weighted by atomic mass is 79.9. The van der Waals surface area contributed by atoms with Crippen LogP contribution in [-0.2, 0) is 0 Å². The number of halogens is 2. The van der Waals surface area contributed by atoms with Gasteiger partial charge in [-0.15, -0.1) is 0 Å². The molecule has 2 aromatic carbocycles. The monoisotopic (exact) mass is 422 g/mol. The molecule has 0 bridgehead atoms. The molecule has 3 rings (SSSR count). The maximum atomic E-state index is 12.5. The molecule has 5 nitrogen and oxygen atoms in total. The molecule has 0 amide bonds. The Hall–Kier alpha value is -1.99. The van der Waals surface area contributed by atoms with Crippen molar-refractivity contribution in [3.05, 3.63) is 67.3 Å². The Labute approximate surface area is 141 Å². The third kappa shape index (κ3) is 2.57. The maximum absolute atomic E-state index is 12.5. The van der Waals surface area contributed by atoms with Crippen LogP contribution in [0.15, 0.2) is 56.2 Å². The lowest BCUT2D eigenvalue weighted by atomic mass is 10.1. The minimum absolute atomic E-state index is 0.297. The molecule has 1 N–H and O–H groups in total. The van der Waals surface area contributed by atoms with Crippen molar-refractivity contribution in [3.8, 4) is 5.69 Å². The summed E-state index contributed by atoms with van der Waals surface area (Å²) in [4.78, 5) is 24.0. The van der Waals surface area contributed by atoms with E-state index in [9.17, 15) is 14.7 Å². The molecule has 0 saturated heterocycles. The first-order valence-corrected chi connectivity index (χ1v) is 7.78. The topological polar surface area (TPSA) is 72.2 Å². The fraction of sp³-hybridized carbons (Fsp3) is 0. The number of rotatable bonds is 2. The van der Waals surface area contributed by atoms with Crippen molar-refractivity contribution in [2.75, 3.05) is 0 Å². The van der Waals surface area contributed by atoms with Crippen molar-refractivity contribution >= 4 is 48.7 Å². The Morgan fingerprint density at radius 1 is 1.05 bits per heavy atom. The summed E-state index contributed by atoms with van der Waals surface area (Å²) in [5.41, 5.74) is -0.0294. The highest BCUT2D eigenvalue weighted by molar-refractivity contribution is 9.10. The van der Waals surface area contributed by atoms with Crippen LogP contribution < -0.4 is 5.56 Å². The van der Waals surface area contributed by atoms with Gasteiger partial charge in [0.2, 0.25) is 0 Å². The van der Waals surface area contributed by atoms with Crippen molar-refractivity contribution in [3.63, 3.8) is 0 Å². The van der Waals surface area contributed by atoms with E-state index in [1.54, 1.807) is 42.5 Å². The zero-order chi connectivity index (χ0) is 15.9. The fourth-order valence-electron chi connectivity index (χ4n) is 2.13. The molecule has 0 spiro atoms. The number of aromatic nitrogens is 2. The van der Waals surface area contributed by atoms with E-state index in [0.29, 0.717) is 21.1 Å². The molecule has 0 saturated carbocycles. The maximum Gasteiger partial charge on any atom is 0.342 e. The highest BCUT2D eigenvalue weighted by Gasteiger charge is 2.18. The number of carboxylic acid groups (broad SMARTS) is 1. The lowest BCUT2D eigenvalue weighted by molar-refractivity contribution is 0.0696. The van der Waals surface area contributed by atoms with E-state index in [0.717, 1.165) is 9.15 Å². The van der Waals surface area contributed by atoms with E-state index in [1.807, 2.05) is 0 Å². The molecule has 0 aliphatic carbocycles. The van der Waals surface area contributed by atoms with Crippen molar-refractivity contribution in [2.24, 2.45) is 0 Å². The van der Waals surface area contributed by atoms with Gasteiger partial charge >= 0.3 is 5.97 Å². The van der Waals surface area contributed by atoms with Gasteiger partial charge < -0.3 is 5.11 Å².